The number of rotatable bonds is 4. The molecule has 4 nitrogen and oxygen atoms in total. The SMILES string of the molecule is CC(C(=O)[O-])c1ccccc1.CC(C(=O)[O-])c1ccccc1.[Zn+2]. The zero-order valence-electron chi connectivity index (χ0n) is 13.3. The Balaban J connectivity index is 0.000000403. The van der Waals surface area contributed by atoms with Crippen molar-refractivity contribution in [3.8, 4) is 0 Å². The van der Waals surface area contributed by atoms with Crippen LogP contribution in [0.4, 0.5) is 0 Å². The standard InChI is InChI=1S/2C9H10O2.Zn/c2*1-7(9(10)11)8-5-3-2-4-6-8;/h2*2-7H,1H3,(H,10,11);/q;;+2/p-2. The minimum Gasteiger partial charge on any atom is -0.550 e. The van der Waals surface area contributed by atoms with E-state index in [0.29, 0.717) is 0 Å². The molecule has 0 N–H and O–H groups in total. The number of benzene rings is 2. The van der Waals surface area contributed by atoms with E-state index in [9.17, 15) is 19.8 Å². The van der Waals surface area contributed by atoms with E-state index in [1.807, 2.05) is 36.4 Å². The molecule has 0 heterocycles. The first kappa shape index (κ1) is 21.0. The first-order valence-electron chi connectivity index (χ1n) is 6.95. The van der Waals surface area contributed by atoms with Gasteiger partial charge in [0, 0.05) is 23.8 Å². The maximum atomic E-state index is 10.4. The van der Waals surface area contributed by atoms with E-state index in [4.69, 9.17) is 0 Å². The van der Waals surface area contributed by atoms with Crippen molar-refractivity contribution in [1.82, 2.24) is 0 Å². The minimum atomic E-state index is -1.03. The Labute approximate surface area is 148 Å². The van der Waals surface area contributed by atoms with E-state index in [1.54, 1.807) is 38.1 Å². The van der Waals surface area contributed by atoms with Crippen molar-refractivity contribution < 1.29 is 39.3 Å². The smallest absolute Gasteiger partial charge is 0.550 e. The van der Waals surface area contributed by atoms with Crippen LogP contribution < -0.4 is 10.2 Å². The van der Waals surface area contributed by atoms with Crippen molar-refractivity contribution >= 4 is 11.9 Å². The van der Waals surface area contributed by atoms with Gasteiger partial charge < -0.3 is 19.8 Å². The van der Waals surface area contributed by atoms with Gasteiger partial charge in [-0.2, -0.15) is 0 Å². The van der Waals surface area contributed by atoms with Crippen LogP contribution in [0.2, 0.25) is 0 Å². The number of carbonyl (C=O) groups is 2. The molecular formula is C18H18O4Zn. The van der Waals surface area contributed by atoms with E-state index < -0.39 is 23.8 Å². The van der Waals surface area contributed by atoms with Crippen LogP contribution in [-0.2, 0) is 29.1 Å². The van der Waals surface area contributed by atoms with E-state index in [-0.39, 0.29) is 19.5 Å². The van der Waals surface area contributed by atoms with Gasteiger partial charge >= 0.3 is 19.5 Å². The zero-order chi connectivity index (χ0) is 16.5. The molecule has 0 amide bonds. The molecule has 5 heteroatoms. The molecular weight excluding hydrogens is 346 g/mol. The normalized spacial score (nSPS) is 11.9. The number of carboxylic acids is 2. The third-order valence-electron chi connectivity index (χ3n) is 3.31. The second-order valence-corrected chi connectivity index (χ2v) is 4.90. The summed E-state index contributed by atoms with van der Waals surface area (Å²) >= 11 is 0. The van der Waals surface area contributed by atoms with Crippen LogP contribution in [0.1, 0.15) is 36.8 Å². The van der Waals surface area contributed by atoms with Gasteiger partial charge in [0.15, 0.2) is 0 Å². The summed E-state index contributed by atoms with van der Waals surface area (Å²) in [7, 11) is 0. The molecule has 0 saturated heterocycles. The van der Waals surface area contributed by atoms with Crippen LogP contribution in [0.25, 0.3) is 0 Å². The van der Waals surface area contributed by atoms with E-state index in [1.165, 1.54) is 0 Å². The van der Waals surface area contributed by atoms with Crippen LogP contribution in [0.5, 0.6) is 0 Å². The molecule has 0 fully saturated rings. The molecule has 0 spiro atoms. The average molecular weight is 364 g/mol. The summed E-state index contributed by atoms with van der Waals surface area (Å²) in [6.45, 7) is 3.23. The number of hydrogen-bond acceptors (Lipinski definition) is 4. The molecule has 23 heavy (non-hydrogen) atoms. The molecule has 2 unspecified atom stereocenters. The van der Waals surface area contributed by atoms with Crippen molar-refractivity contribution in [2.45, 2.75) is 25.7 Å². The predicted molar refractivity (Wildman–Crippen MR) is 79.7 cm³/mol. The van der Waals surface area contributed by atoms with Gasteiger partial charge in [-0.15, -0.1) is 0 Å². The molecule has 2 atom stereocenters. The Morgan fingerprint density at radius 1 is 0.696 bits per heavy atom. The molecule has 0 aliphatic heterocycles. The molecule has 0 radical (unpaired) electrons. The van der Waals surface area contributed by atoms with Gasteiger partial charge in [-0.1, -0.05) is 74.5 Å². The second-order valence-electron chi connectivity index (χ2n) is 4.90. The summed E-state index contributed by atoms with van der Waals surface area (Å²) in [5.74, 6) is -3.10. The number of carboxylic acid groups (broad SMARTS) is 2. The van der Waals surface area contributed by atoms with Crippen LogP contribution in [-0.4, -0.2) is 11.9 Å². The fraction of sp³-hybridized carbons (Fsp3) is 0.222. The number of hydrogen-bond donors (Lipinski definition) is 0. The molecule has 0 saturated carbocycles. The number of carbonyl (C=O) groups excluding carboxylic acids is 2. The number of aliphatic carboxylic acids is 2. The van der Waals surface area contributed by atoms with Gasteiger partial charge in [0.05, 0.1) is 0 Å². The Bertz CT molecular complexity index is 543. The average Bonchev–Trinajstić information content (AvgIpc) is 2.55. The maximum Gasteiger partial charge on any atom is 2.00 e. The first-order valence-corrected chi connectivity index (χ1v) is 6.95. The van der Waals surface area contributed by atoms with Gasteiger partial charge in [0.2, 0.25) is 0 Å². The summed E-state index contributed by atoms with van der Waals surface area (Å²) in [5.41, 5.74) is 1.57. The first-order chi connectivity index (χ1) is 10.4. The van der Waals surface area contributed by atoms with Crippen molar-refractivity contribution in [3.05, 3.63) is 71.8 Å². The zero-order valence-corrected chi connectivity index (χ0v) is 16.2. The van der Waals surface area contributed by atoms with Crippen LogP contribution in [0.3, 0.4) is 0 Å². The largest absolute Gasteiger partial charge is 2.00 e. The fourth-order valence-electron chi connectivity index (χ4n) is 1.76. The molecule has 116 valence electrons. The summed E-state index contributed by atoms with van der Waals surface area (Å²) in [6, 6.07) is 18.1. The van der Waals surface area contributed by atoms with E-state index in [0.717, 1.165) is 11.1 Å². The topological polar surface area (TPSA) is 80.3 Å². The van der Waals surface area contributed by atoms with Gasteiger partial charge in [-0.25, -0.2) is 0 Å². The summed E-state index contributed by atoms with van der Waals surface area (Å²) in [5, 5.41) is 20.8. The quantitative estimate of drug-likeness (QED) is 0.761. The summed E-state index contributed by atoms with van der Waals surface area (Å²) in [4.78, 5) is 20.8. The summed E-state index contributed by atoms with van der Waals surface area (Å²) in [6.07, 6.45) is 0. The molecule has 2 aromatic rings. The van der Waals surface area contributed by atoms with Crippen LogP contribution in [0.15, 0.2) is 60.7 Å². The van der Waals surface area contributed by atoms with Crippen molar-refractivity contribution in [1.29, 1.82) is 0 Å². The molecule has 0 aliphatic carbocycles. The molecule has 0 bridgehead atoms. The third kappa shape index (κ3) is 7.20. The monoisotopic (exact) mass is 362 g/mol. The van der Waals surface area contributed by atoms with Gasteiger partial charge in [0.1, 0.15) is 0 Å². The van der Waals surface area contributed by atoms with Gasteiger partial charge in [-0.3, -0.25) is 0 Å². The molecule has 2 rings (SSSR count). The Kier molecular flexibility index (Phi) is 9.76. The van der Waals surface area contributed by atoms with Crippen molar-refractivity contribution in [3.63, 3.8) is 0 Å². The summed E-state index contributed by atoms with van der Waals surface area (Å²) < 4.78 is 0. The predicted octanol–water partition coefficient (Wildman–Crippen LogP) is 1.08. The van der Waals surface area contributed by atoms with E-state index in [2.05, 4.69) is 0 Å². The fourth-order valence-corrected chi connectivity index (χ4v) is 1.76. The van der Waals surface area contributed by atoms with Crippen molar-refractivity contribution in [2.24, 2.45) is 0 Å². The Morgan fingerprint density at radius 3 is 1.17 bits per heavy atom. The minimum absolute atomic E-state index is 0. The third-order valence-corrected chi connectivity index (χ3v) is 3.31. The Hall–Kier alpha value is -2.00. The maximum absolute atomic E-state index is 10.4. The second kappa shape index (κ2) is 10.7. The molecule has 0 aromatic heterocycles. The van der Waals surface area contributed by atoms with Gasteiger partial charge in [0.25, 0.3) is 0 Å². The molecule has 2 aromatic carbocycles. The molecule has 0 aliphatic rings. The van der Waals surface area contributed by atoms with Crippen LogP contribution in [0, 0.1) is 0 Å². The van der Waals surface area contributed by atoms with E-state index >= 15 is 0 Å². The van der Waals surface area contributed by atoms with Crippen molar-refractivity contribution in [2.75, 3.05) is 0 Å². The van der Waals surface area contributed by atoms with Crippen LogP contribution >= 0.6 is 0 Å². The van der Waals surface area contributed by atoms with Gasteiger partial charge in [-0.05, 0) is 11.1 Å². The Morgan fingerprint density at radius 2 is 0.957 bits per heavy atom.